The topological polar surface area (TPSA) is 174 Å². The lowest BCUT2D eigenvalue weighted by Gasteiger charge is -2.17. The molecule has 2 aromatic heterocycles. The van der Waals surface area contributed by atoms with Crippen molar-refractivity contribution in [3.05, 3.63) is 94.2 Å². The van der Waals surface area contributed by atoms with Crippen LogP contribution in [0.15, 0.2) is 59.5 Å². The fraction of sp³-hybridized carbons (Fsp3) is 0.226. The number of ether oxygens (including phenoxy) is 2. The summed E-state index contributed by atoms with van der Waals surface area (Å²) in [5.74, 6) is -8.15. The summed E-state index contributed by atoms with van der Waals surface area (Å²) in [6.07, 6.45) is 1.41. The van der Waals surface area contributed by atoms with Crippen LogP contribution in [-0.2, 0) is 20.9 Å². The number of pyridine rings is 1. The van der Waals surface area contributed by atoms with Crippen LogP contribution in [0.1, 0.15) is 18.7 Å². The Balaban J connectivity index is 1.66. The Bertz CT molecular complexity index is 2030. The number of benzene rings is 2. The van der Waals surface area contributed by atoms with E-state index in [4.69, 9.17) is 4.74 Å². The van der Waals surface area contributed by atoms with Crippen molar-refractivity contribution in [2.45, 2.75) is 25.4 Å². The van der Waals surface area contributed by atoms with Crippen LogP contribution < -0.4 is 20.9 Å². The number of carbonyl (C=O) groups excluding carboxylic acids is 3. The fourth-order valence-corrected chi connectivity index (χ4v) is 4.48. The molecule has 0 saturated heterocycles. The van der Waals surface area contributed by atoms with E-state index in [0.29, 0.717) is 16.7 Å². The van der Waals surface area contributed by atoms with Crippen molar-refractivity contribution >= 4 is 40.7 Å². The Morgan fingerprint density at radius 1 is 1.06 bits per heavy atom. The first-order chi connectivity index (χ1) is 23.2. The second kappa shape index (κ2) is 15.1. The first kappa shape index (κ1) is 35.7. The van der Waals surface area contributed by atoms with Gasteiger partial charge in [-0.2, -0.15) is 0 Å². The summed E-state index contributed by atoms with van der Waals surface area (Å²) in [4.78, 5) is 67.7. The van der Waals surface area contributed by atoms with E-state index in [-0.39, 0.29) is 24.4 Å². The molecule has 258 valence electrons. The molecular weight excluding hydrogens is 660 g/mol. The number of nitrogens with zero attached hydrogens (tertiary/aromatic N) is 4. The molecule has 0 spiro atoms. The maximum Gasteiger partial charge on any atom is 0.417 e. The van der Waals surface area contributed by atoms with Crippen LogP contribution in [0.4, 0.5) is 32.8 Å². The number of fused-ring (bicyclic) bond motifs is 1. The SMILES string of the molecule is COC(=O)NC(CCC=CC(=O)N(C)C)C(=O)Nc1cccn(Cc2nc3c(Oc4ccc(F)cc4F)c(F)cc(F)c3n2C(=O)O)c1=O. The number of methoxy groups -OCH3 is 1. The average Bonchev–Trinajstić information content (AvgIpc) is 3.43. The van der Waals surface area contributed by atoms with Gasteiger partial charge in [0.1, 0.15) is 34.4 Å². The first-order valence-corrected chi connectivity index (χ1v) is 14.2. The molecule has 1 unspecified atom stereocenters. The number of imidazole rings is 1. The highest BCUT2D eigenvalue weighted by atomic mass is 19.1. The van der Waals surface area contributed by atoms with Gasteiger partial charge < -0.3 is 34.7 Å². The molecule has 0 radical (unpaired) electrons. The van der Waals surface area contributed by atoms with Gasteiger partial charge in [-0.3, -0.25) is 14.4 Å². The maximum absolute atomic E-state index is 15.0. The van der Waals surface area contributed by atoms with Gasteiger partial charge in [-0.15, -0.1) is 0 Å². The maximum atomic E-state index is 15.0. The minimum Gasteiger partial charge on any atom is -0.464 e. The van der Waals surface area contributed by atoms with Crippen molar-refractivity contribution in [3.63, 3.8) is 0 Å². The molecule has 4 rings (SSSR count). The number of nitrogens with one attached hydrogen (secondary N) is 2. The molecule has 3 amide bonds. The molecule has 3 N–H and O–H groups in total. The molecular formula is C31H28F4N6O8. The zero-order valence-electron chi connectivity index (χ0n) is 26.0. The summed E-state index contributed by atoms with van der Waals surface area (Å²) in [6.45, 7) is -0.663. The first-order valence-electron chi connectivity index (χ1n) is 14.2. The molecule has 49 heavy (non-hydrogen) atoms. The number of anilines is 1. The monoisotopic (exact) mass is 688 g/mol. The van der Waals surface area contributed by atoms with E-state index in [0.717, 1.165) is 23.8 Å². The highest BCUT2D eigenvalue weighted by Gasteiger charge is 2.27. The van der Waals surface area contributed by atoms with Crippen molar-refractivity contribution in [3.8, 4) is 11.5 Å². The summed E-state index contributed by atoms with van der Waals surface area (Å²) < 4.78 is 68.6. The van der Waals surface area contributed by atoms with Gasteiger partial charge in [0.15, 0.2) is 29.0 Å². The van der Waals surface area contributed by atoms with E-state index >= 15 is 4.39 Å². The number of amides is 3. The lowest BCUT2D eigenvalue weighted by atomic mass is 10.1. The molecule has 0 saturated carbocycles. The molecule has 0 fully saturated rings. The molecule has 2 aromatic carbocycles. The minimum absolute atomic E-state index is 0.00382. The molecule has 2 heterocycles. The molecule has 0 aliphatic carbocycles. The highest BCUT2D eigenvalue weighted by Crippen LogP contribution is 2.36. The Labute approximate surface area is 274 Å². The Morgan fingerprint density at radius 3 is 2.45 bits per heavy atom. The molecule has 4 aromatic rings. The van der Waals surface area contributed by atoms with Crippen LogP contribution in [0.2, 0.25) is 0 Å². The van der Waals surface area contributed by atoms with Gasteiger partial charge in [0, 0.05) is 32.4 Å². The molecule has 0 bridgehead atoms. The van der Waals surface area contributed by atoms with Crippen LogP contribution in [-0.4, -0.2) is 75.4 Å². The number of halogens is 4. The number of hydrogen-bond donors (Lipinski definition) is 3. The predicted octanol–water partition coefficient (Wildman–Crippen LogP) is 4.21. The molecule has 0 aliphatic heterocycles. The van der Waals surface area contributed by atoms with Crippen molar-refractivity contribution in [2.75, 3.05) is 26.5 Å². The minimum atomic E-state index is -1.78. The molecule has 18 heteroatoms. The lowest BCUT2D eigenvalue weighted by Crippen LogP contribution is -2.44. The van der Waals surface area contributed by atoms with E-state index in [1.807, 2.05) is 0 Å². The number of allylic oxidation sites excluding steroid dienone is 1. The lowest BCUT2D eigenvalue weighted by molar-refractivity contribution is -0.123. The van der Waals surface area contributed by atoms with Crippen LogP contribution in [0.5, 0.6) is 11.5 Å². The summed E-state index contributed by atoms with van der Waals surface area (Å²) in [5, 5.41) is 14.6. The third-order valence-corrected chi connectivity index (χ3v) is 6.86. The quantitative estimate of drug-likeness (QED) is 0.154. The van der Waals surface area contributed by atoms with Gasteiger partial charge in [-0.1, -0.05) is 6.08 Å². The summed E-state index contributed by atoms with van der Waals surface area (Å²) in [7, 11) is 4.18. The van der Waals surface area contributed by atoms with Crippen LogP contribution in [0.3, 0.4) is 0 Å². The van der Waals surface area contributed by atoms with E-state index in [2.05, 4.69) is 20.4 Å². The average molecular weight is 689 g/mol. The fourth-order valence-electron chi connectivity index (χ4n) is 4.48. The van der Waals surface area contributed by atoms with Gasteiger partial charge in [-0.05, 0) is 43.2 Å². The van der Waals surface area contributed by atoms with E-state index in [1.54, 1.807) is 14.1 Å². The third kappa shape index (κ3) is 8.21. The van der Waals surface area contributed by atoms with Crippen molar-refractivity contribution in [2.24, 2.45) is 0 Å². The van der Waals surface area contributed by atoms with Gasteiger partial charge in [0.05, 0.1) is 13.7 Å². The third-order valence-electron chi connectivity index (χ3n) is 6.86. The van der Waals surface area contributed by atoms with Crippen molar-refractivity contribution in [1.29, 1.82) is 0 Å². The van der Waals surface area contributed by atoms with E-state index in [1.165, 1.54) is 35.4 Å². The Kier molecular flexibility index (Phi) is 11.0. The molecule has 14 nitrogen and oxygen atoms in total. The number of alkyl carbamates (subject to hydrolysis) is 1. The number of carbonyl (C=O) groups is 4. The number of rotatable bonds is 11. The Hall–Kier alpha value is -6.20. The standard InChI is InChI=1S/C31H28F4N6O8/c1-39(2)24(42)9-5-4-7-20(37-30(45)48-3)28(43)36-21-8-6-12-40(29(21)44)15-23-38-25-26(41(23)31(46)47)18(34)14-19(35)27(25)49-22-11-10-16(32)13-17(22)33/h5-6,8-14,20H,4,7,15H2,1-3H3,(H,36,43)(H,37,45)(H,46,47). The van der Waals surface area contributed by atoms with Crippen molar-refractivity contribution in [1.82, 2.24) is 24.3 Å². The molecule has 1 atom stereocenters. The number of likely N-dealkylation sites (N-methyl/N-ethyl adjacent to an activating group) is 1. The van der Waals surface area contributed by atoms with E-state index < -0.39 is 87.9 Å². The predicted molar refractivity (Wildman–Crippen MR) is 164 cm³/mol. The normalized spacial score (nSPS) is 11.7. The van der Waals surface area contributed by atoms with Gasteiger partial charge in [0.2, 0.25) is 11.8 Å². The van der Waals surface area contributed by atoms with Gasteiger partial charge in [0.25, 0.3) is 5.56 Å². The van der Waals surface area contributed by atoms with E-state index in [9.17, 15) is 42.3 Å². The van der Waals surface area contributed by atoms with Crippen molar-refractivity contribution < 1.29 is 51.3 Å². The van der Waals surface area contributed by atoms with Crippen LogP contribution >= 0.6 is 0 Å². The number of carboxylic acid groups (broad SMARTS) is 1. The zero-order chi connectivity index (χ0) is 36.0. The number of aromatic nitrogens is 3. The van der Waals surface area contributed by atoms with Crippen LogP contribution in [0, 0.1) is 23.3 Å². The smallest absolute Gasteiger partial charge is 0.417 e. The molecule has 0 aliphatic rings. The highest BCUT2D eigenvalue weighted by molar-refractivity contribution is 5.96. The van der Waals surface area contributed by atoms with Gasteiger partial charge in [-0.25, -0.2) is 36.7 Å². The Morgan fingerprint density at radius 2 is 1.80 bits per heavy atom. The van der Waals surface area contributed by atoms with Crippen LogP contribution in [0.25, 0.3) is 11.0 Å². The summed E-state index contributed by atoms with van der Waals surface area (Å²) in [5.41, 5.74) is -2.66. The zero-order valence-corrected chi connectivity index (χ0v) is 26.0. The number of hydrogen-bond acceptors (Lipinski definition) is 8. The summed E-state index contributed by atoms with van der Waals surface area (Å²) in [6, 6.07) is 3.71. The van der Waals surface area contributed by atoms with Gasteiger partial charge >= 0.3 is 12.2 Å². The second-order valence-electron chi connectivity index (χ2n) is 10.4. The largest absolute Gasteiger partial charge is 0.464 e. The second-order valence-corrected chi connectivity index (χ2v) is 10.4. The summed E-state index contributed by atoms with van der Waals surface area (Å²) >= 11 is 0.